The number of nitro groups is 1. The molecule has 0 bridgehead atoms. The average Bonchev–Trinajstić information content (AvgIpc) is 3.22. The summed E-state index contributed by atoms with van der Waals surface area (Å²) in [5.41, 5.74) is 9.28. The third kappa shape index (κ3) is 3.28. The van der Waals surface area contributed by atoms with Crippen LogP contribution in [0.25, 0.3) is 65.7 Å². The maximum Gasteiger partial charge on any atom is 0.277 e. The van der Waals surface area contributed by atoms with Crippen molar-refractivity contribution in [2.75, 3.05) is 0 Å². The third-order valence-electron chi connectivity index (χ3n) is 9.10. The third-order valence-corrected chi connectivity index (χ3v) is 9.10. The van der Waals surface area contributed by atoms with Crippen molar-refractivity contribution in [3.63, 3.8) is 0 Å². The molecule has 0 N–H and O–H groups in total. The maximum atomic E-state index is 12.3. The Hall–Kier alpha value is -4.96. The number of nitro benzene ring substituents is 1. The van der Waals surface area contributed by atoms with E-state index in [9.17, 15) is 10.1 Å². The van der Waals surface area contributed by atoms with Gasteiger partial charge in [0.1, 0.15) is 7.85 Å². The first-order chi connectivity index (χ1) is 19.8. The second kappa shape index (κ2) is 8.28. The molecule has 0 unspecified atom stereocenters. The van der Waals surface area contributed by atoms with Gasteiger partial charge in [-0.1, -0.05) is 104 Å². The highest BCUT2D eigenvalue weighted by Crippen LogP contribution is 2.50. The SMILES string of the molecule is [B]c1ccc2ccc3ccc(-c4cc(-c5ccc6c(c5)C(C)(C)c5ccccc5-6)ccc4[N+](=O)[O-])c4ccc1c2c34. The lowest BCUT2D eigenvalue weighted by Crippen LogP contribution is -2.14. The van der Waals surface area contributed by atoms with Crippen molar-refractivity contribution in [1.82, 2.24) is 0 Å². The van der Waals surface area contributed by atoms with Crippen molar-refractivity contribution in [1.29, 1.82) is 0 Å². The van der Waals surface area contributed by atoms with Crippen molar-refractivity contribution in [2.45, 2.75) is 19.3 Å². The number of benzene rings is 7. The van der Waals surface area contributed by atoms with Gasteiger partial charge >= 0.3 is 0 Å². The lowest BCUT2D eigenvalue weighted by atomic mass is 9.81. The summed E-state index contributed by atoms with van der Waals surface area (Å²) in [7, 11) is 6.36. The Morgan fingerprint density at radius 3 is 2.02 bits per heavy atom. The molecule has 7 aromatic rings. The summed E-state index contributed by atoms with van der Waals surface area (Å²) in [5.74, 6) is 0. The van der Waals surface area contributed by atoms with E-state index in [1.54, 1.807) is 6.07 Å². The van der Waals surface area contributed by atoms with Crippen LogP contribution in [0.3, 0.4) is 0 Å². The number of nitrogens with zero attached hydrogens (tertiary/aromatic N) is 1. The maximum absolute atomic E-state index is 12.3. The fraction of sp³-hybridized carbons (Fsp3) is 0.0811. The Bertz CT molecular complexity index is 2230. The van der Waals surface area contributed by atoms with Gasteiger partial charge < -0.3 is 0 Å². The highest BCUT2D eigenvalue weighted by Gasteiger charge is 2.35. The minimum atomic E-state index is -0.280. The summed E-state index contributed by atoms with van der Waals surface area (Å²) in [6, 6.07) is 37.0. The molecular weight excluding hydrogens is 501 g/mol. The van der Waals surface area contributed by atoms with Gasteiger partial charge in [-0.3, -0.25) is 10.1 Å². The normalized spacial score (nSPS) is 13.6. The first-order valence-electron chi connectivity index (χ1n) is 13.8. The van der Waals surface area contributed by atoms with E-state index in [-0.39, 0.29) is 16.0 Å². The fourth-order valence-corrected chi connectivity index (χ4v) is 7.03. The van der Waals surface area contributed by atoms with Crippen LogP contribution < -0.4 is 5.46 Å². The zero-order valence-electron chi connectivity index (χ0n) is 22.7. The van der Waals surface area contributed by atoms with Crippen molar-refractivity contribution in [3.05, 3.63) is 130 Å². The average molecular weight is 525 g/mol. The zero-order valence-corrected chi connectivity index (χ0v) is 22.7. The van der Waals surface area contributed by atoms with Crippen LogP contribution in [0.15, 0.2) is 109 Å². The quantitative estimate of drug-likeness (QED) is 0.100. The molecule has 0 amide bonds. The molecule has 4 heteroatoms. The Morgan fingerprint density at radius 1 is 0.610 bits per heavy atom. The van der Waals surface area contributed by atoms with E-state index < -0.39 is 0 Å². The first-order valence-corrected chi connectivity index (χ1v) is 13.8. The van der Waals surface area contributed by atoms with Gasteiger partial charge in [0, 0.05) is 11.5 Å². The number of rotatable bonds is 3. The summed E-state index contributed by atoms with van der Waals surface area (Å²) >= 11 is 0. The van der Waals surface area contributed by atoms with Crippen LogP contribution in [0.2, 0.25) is 0 Å². The molecule has 0 fully saturated rings. The molecule has 0 atom stereocenters. The summed E-state index contributed by atoms with van der Waals surface area (Å²) in [4.78, 5) is 12.0. The van der Waals surface area contributed by atoms with Crippen LogP contribution >= 0.6 is 0 Å². The molecular formula is C37H24BNO2. The van der Waals surface area contributed by atoms with Gasteiger partial charge in [0.15, 0.2) is 0 Å². The molecule has 1 aliphatic rings. The van der Waals surface area contributed by atoms with E-state index in [1.165, 1.54) is 22.3 Å². The molecule has 0 saturated carbocycles. The molecule has 0 saturated heterocycles. The van der Waals surface area contributed by atoms with Crippen molar-refractivity contribution >= 4 is 51.3 Å². The largest absolute Gasteiger partial charge is 0.277 e. The predicted octanol–water partition coefficient (Wildman–Crippen LogP) is 8.93. The topological polar surface area (TPSA) is 43.1 Å². The number of hydrogen-bond acceptors (Lipinski definition) is 2. The highest BCUT2D eigenvalue weighted by molar-refractivity contribution is 6.42. The second-order valence-electron chi connectivity index (χ2n) is 11.6. The minimum absolute atomic E-state index is 0.0946. The molecule has 192 valence electrons. The van der Waals surface area contributed by atoms with E-state index in [1.807, 2.05) is 36.4 Å². The molecule has 0 aromatic heterocycles. The monoisotopic (exact) mass is 525 g/mol. The minimum Gasteiger partial charge on any atom is -0.258 e. The van der Waals surface area contributed by atoms with E-state index in [0.717, 1.165) is 54.5 Å². The Morgan fingerprint density at radius 2 is 1.22 bits per heavy atom. The fourth-order valence-electron chi connectivity index (χ4n) is 7.03. The van der Waals surface area contributed by atoms with Crippen LogP contribution in [-0.2, 0) is 5.41 Å². The molecule has 8 rings (SSSR count). The lowest BCUT2D eigenvalue weighted by molar-refractivity contribution is -0.384. The van der Waals surface area contributed by atoms with Crippen molar-refractivity contribution in [3.8, 4) is 33.4 Å². The van der Waals surface area contributed by atoms with Crippen LogP contribution in [0.4, 0.5) is 5.69 Å². The molecule has 0 heterocycles. The van der Waals surface area contributed by atoms with Crippen LogP contribution in [0.5, 0.6) is 0 Å². The number of hydrogen-bond donors (Lipinski definition) is 0. The van der Waals surface area contributed by atoms with Gasteiger partial charge in [-0.15, -0.1) is 0 Å². The highest BCUT2D eigenvalue weighted by atomic mass is 16.6. The van der Waals surface area contributed by atoms with Crippen molar-refractivity contribution < 1.29 is 4.92 Å². The van der Waals surface area contributed by atoms with Crippen molar-refractivity contribution in [2.24, 2.45) is 0 Å². The molecule has 2 radical (unpaired) electrons. The molecule has 7 aromatic carbocycles. The standard InChI is InChI=1S/C37H24BNO2/c1-37(2)31-6-4-3-5-26(31)27-14-10-24(20-32(27)37)23-12-18-34(39(40)41)30(19-23)25-13-9-21-7-8-22-11-17-33(38)29-16-15-28(25)35(21)36(22)29/h3-20H,1-2H3. The lowest BCUT2D eigenvalue weighted by Gasteiger charge is -2.22. The molecule has 1 aliphatic carbocycles. The smallest absolute Gasteiger partial charge is 0.258 e. The van der Waals surface area contributed by atoms with Crippen LogP contribution in [0.1, 0.15) is 25.0 Å². The summed E-state index contributed by atoms with van der Waals surface area (Å²) < 4.78 is 0. The Kier molecular flexibility index (Phi) is 4.82. The summed E-state index contributed by atoms with van der Waals surface area (Å²) in [6.45, 7) is 4.53. The molecule has 0 spiro atoms. The van der Waals surface area contributed by atoms with Gasteiger partial charge in [-0.05, 0) is 89.5 Å². The zero-order chi connectivity index (χ0) is 28.0. The first kappa shape index (κ1) is 23.9. The summed E-state index contributed by atoms with van der Waals surface area (Å²) in [5, 5.41) is 18.7. The van der Waals surface area contributed by atoms with Gasteiger partial charge in [-0.25, -0.2) is 0 Å². The van der Waals surface area contributed by atoms with E-state index in [2.05, 4.69) is 80.6 Å². The van der Waals surface area contributed by atoms with Gasteiger partial charge in [0.05, 0.1) is 10.5 Å². The molecule has 41 heavy (non-hydrogen) atoms. The predicted molar refractivity (Wildman–Crippen MR) is 171 cm³/mol. The van der Waals surface area contributed by atoms with E-state index in [4.69, 9.17) is 7.85 Å². The second-order valence-corrected chi connectivity index (χ2v) is 11.6. The van der Waals surface area contributed by atoms with E-state index in [0.29, 0.717) is 5.56 Å². The Labute approximate surface area is 239 Å². The molecule has 3 nitrogen and oxygen atoms in total. The molecule has 0 aliphatic heterocycles. The van der Waals surface area contributed by atoms with Crippen LogP contribution in [0, 0.1) is 10.1 Å². The van der Waals surface area contributed by atoms with E-state index >= 15 is 0 Å². The van der Waals surface area contributed by atoms with Gasteiger partial charge in [-0.2, -0.15) is 0 Å². The van der Waals surface area contributed by atoms with Gasteiger partial charge in [0.2, 0.25) is 0 Å². The number of fused-ring (bicyclic) bond motifs is 3. The Balaban J connectivity index is 1.36. The van der Waals surface area contributed by atoms with Gasteiger partial charge in [0.25, 0.3) is 5.69 Å². The summed E-state index contributed by atoms with van der Waals surface area (Å²) in [6.07, 6.45) is 0. The van der Waals surface area contributed by atoms with Crippen LogP contribution in [-0.4, -0.2) is 12.8 Å².